The van der Waals surface area contributed by atoms with Gasteiger partial charge in [-0.15, -0.1) is 0 Å². The number of halogens is 2. The van der Waals surface area contributed by atoms with E-state index < -0.39 is 0 Å². The highest BCUT2D eigenvalue weighted by atomic mass is 79.9. The molecule has 0 radical (unpaired) electrons. The lowest BCUT2D eigenvalue weighted by atomic mass is 10.2. The first-order valence-electron chi connectivity index (χ1n) is 5.26. The Morgan fingerprint density at radius 1 is 1.17 bits per heavy atom. The fraction of sp³-hybridized carbons (Fsp3) is 0.0714. The van der Waals surface area contributed by atoms with Gasteiger partial charge in [0, 0.05) is 0 Å². The monoisotopic (exact) mass is 305 g/mol. The SMILES string of the molecule is N#Cc1ccc(COc2ccc(F)cc2Br)cc1. The molecule has 0 spiro atoms. The van der Waals surface area contributed by atoms with E-state index in [-0.39, 0.29) is 5.82 Å². The van der Waals surface area contributed by atoms with E-state index in [1.807, 2.05) is 12.1 Å². The number of nitriles is 1. The molecule has 2 nitrogen and oxygen atoms in total. The zero-order valence-electron chi connectivity index (χ0n) is 9.36. The minimum atomic E-state index is -0.312. The lowest BCUT2D eigenvalue weighted by Gasteiger charge is -2.08. The second-order valence-electron chi connectivity index (χ2n) is 3.67. The summed E-state index contributed by atoms with van der Waals surface area (Å²) < 4.78 is 19.0. The van der Waals surface area contributed by atoms with Crippen LogP contribution in [-0.2, 0) is 6.61 Å². The quantitative estimate of drug-likeness (QED) is 0.857. The highest BCUT2D eigenvalue weighted by Crippen LogP contribution is 2.26. The molecule has 0 atom stereocenters. The molecule has 0 aliphatic heterocycles. The Morgan fingerprint density at radius 2 is 1.89 bits per heavy atom. The Bertz CT molecular complexity index is 590. The number of hydrogen-bond acceptors (Lipinski definition) is 2. The molecule has 0 heterocycles. The number of ether oxygens (including phenoxy) is 1. The van der Waals surface area contributed by atoms with Crippen molar-refractivity contribution in [2.75, 3.05) is 0 Å². The van der Waals surface area contributed by atoms with Crippen LogP contribution in [0.15, 0.2) is 46.9 Å². The molecule has 90 valence electrons. The zero-order valence-corrected chi connectivity index (χ0v) is 10.9. The molecular weight excluding hydrogens is 297 g/mol. The zero-order chi connectivity index (χ0) is 13.0. The van der Waals surface area contributed by atoms with Gasteiger partial charge in [0.05, 0.1) is 16.1 Å². The van der Waals surface area contributed by atoms with Gasteiger partial charge in [0.1, 0.15) is 18.2 Å². The van der Waals surface area contributed by atoms with Gasteiger partial charge in [-0.2, -0.15) is 5.26 Å². The van der Waals surface area contributed by atoms with E-state index in [1.54, 1.807) is 18.2 Å². The molecule has 0 N–H and O–H groups in total. The Labute approximate surface area is 113 Å². The van der Waals surface area contributed by atoms with Crippen molar-refractivity contribution in [1.29, 1.82) is 5.26 Å². The maximum atomic E-state index is 12.9. The predicted molar refractivity (Wildman–Crippen MR) is 69.6 cm³/mol. The normalized spacial score (nSPS) is 9.83. The van der Waals surface area contributed by atoms with Gasteiger partial charge >= 0.3 is 0 Å². The number of rotatable bonds is 3. The van der Waals surface area contributed by atoms with Gasteiger partial charge in [-0.3, -0.25) is 0 Å². The second kappa shape index (κ2) is 5.65. The summed E-state index contributed by atoms with van der Waals surface area (Å²) in [6, 6.07) is 13.5. The maximum Gasteiger partial charge on any atom is 0.134 e. The molecule has 2 aromatic rings. The van der Waals surface area contributed by atoms with Crippen LogP contribution < -0.4 is 4.74 Å². The molecule has 0 saturated heterocycles. The number of hydrogen-bond donors (Lipinski definition) is 0. The lowest BCUT2D eigenvalue weighted by molar-refractivity contribution is 0.303. The molecule has 0 fully saturated rings. The van der Waals surface area contributed by atoms with Crippen molar-refractivity contribution in [3.63, 3.8) is 0 Å². The van der Waals surface area contributed by atoms with Gasteiger partial charge in [-0.25, -0.2) is 4.39 Å². The van der Waals surface area contributed by atoms with Crippen molar-refractivity contribution in [3.8, 4) is 11.8 Å². The fourth-order valence-corrected chi connectivity index (χ4v) is 1.89. The summed E-state index contributed by atoms with van der Waals surface area (Å²) in [5, 5.41) is 8.68. The van der Waals surface area contributed by atoms with E-state index in [9.17, 15) is 4.39 Å². The summed E-state index contributed by atoms with van der Waals surface area (Å²) >= 11 is 3.24. The standard InChI is InChI=1S/C14H9BrFNO/c15-13-7-12(16)5-6-14(13)18-9-11-3-1-10(8-17)2-4-11/h1-7H,9H2. The van der Waals surface area contributed by atoms with Gasteiger partial charge in [0.25, 0.3) is 0 Å². The molecule has 2 rings (SSSR count). The minimum absolute atomic E-state index is 0.312. The Morgan fingerprint density at radius 3 is 2.50 bits per heavy atom. The van der Waals surface area contributed by atoms with Crippen LogP contribution >= 0.6 is 15.9 Å². The van der Waals surface area contributed by atoms with Crippen molar-refractivity contribution in [2.24, 2.45) is 0 Å². The van der Waals surface area contributed by atoms with Crippen LogP contribution in [0, 0.1) is 17.1 Å². The van der Waals surface area contributed by atoms with Crippen LogP contribution in [0.1, 0.15) is 11.1 Å². The first-order valence-corrected chi connectivity index (χ1v) is 6.05. The van der Waals surface area contributed by atoms with Crippen LogP contribution in [0.3, 0.4) is 0 Å². The fourth-order valence-electron chi connectivity index (χ4n) is 1.43. The predicted octanol–water partition coefficient (Wildman–Crippen LogP) is 4.04. The van der Waals surface area contributed by atoms with E-state index in [0.717, 1.165) is 5.56 Å². The summed E-state index contributed by atoms with van der Waals surface area (Å²) in [6.45, 7) is 0.371. The first-order chi connectivity index (χ1) is 8.69. The van der Waals surface area contributed by atoms with Crippen LogP contribution in [0.5, 0.6) is 5.75 Å². The van der Waals surface area contributed by atoms with Gasteiger partial charge < -0.3 is 4.74 Å². The Kier molecular flexibility index (Phi) is 3.96. The summed E-state index contributed by atoms with van der Waals surface area (Å²) in [6.07, 6.45) is 0. The second-order valence-corrected chi connectivity index (χ2v) is 4.53. The largest absolute Gasteiger partial charge is 0.488 e. The third kappa shape index (κ3) is 3.08. The van der Waals surface area contributed by atoms with Crippen molar-refractivity contribution in [3.05, 3.63) is 63.9 Å². The first kappa shape index (κ1) is 12.6. The average molecular weight is 306 g/mol. The van der Waals surface area contributed by atoms with Crippen LogP contribution in [0.2, 0.25) is 0 Å². The van der Waals surface area contributed by atoms with Crippen molar-refractivity contribution < 1.29 is 9.13 Å². The minimum Gasteiger partial charge on any atom is -0.488 e. The molecule has 0 amide bonds. The highest BCUT2D eigenvalue weighted by Gasteiger charge is 2.03. The molecule has 0 aromatic heterocycles. The Balaban J connectivity index is 2.04. The smallest absolute Gasteiger partial charge is 0.134 e. The van der Waals surface area contributed by atoms with Gasteiger partial charge in [0.15, 0.2) is 0 Å². The van der Waals surface area contributed by atoms with Crippen molar-refractivity contribution in [2.45, 2.75) is 6.61 Å². The van der Waals surface area contributed by atoms with Crippen LogP contribution in [-0.4, -0.2) is 0 Å². The van der Waals surface area contributed by atoms with E-state index in [0.29, 0.717) is 22.4 Å². The van der Waals surface area contributed by atoms with Crippen LogP contribution in [0.4, 0.5) is 4.39 Å². The summed E-state index contributed by atoms with van der Waals surface area (Å²) in [7, 11) is 0. The summed E-state index contributed by atoms with van der Waals surface area (Å²) in [4.78, 5) is 0. The van der Waals surface area contributed by atoms with Gasteiger partial charge in [-0.1, -0.05) is 12.1 Å². The Hall–Kier alpha value is -1.86. The van der Waals surface area contributed by atoms with Gasteiger partial charge in [0.2, 0.25) is 0 Å². The molecular formula is C14H9BrFNO. The van der Waals surface area contributed by atoms with E-state index in [1.165, 1.54) is 12.1 Å². The molecule has 0 aliphatic carbocycles. The number of benzene rings is 2. The third-order valence-corrected chi connectivity index (χ3v) is 2.99. The van der Waals surface area contributed by atoms with E-state index in [4.69, 9.17) is 10.00 Å². The van der Waals surface area contributed by atoms with E-state index >= 15 is 0 Å². The molecule has 18 heavy (non-hydrogen) atoms. The topological polar surface area (TPSA) is 33.0 Å². The van der Waals surface area contributed by atoms with Crippen LogP contribution in [0.25, 0.3) is 0 Å². The molecule has 0 aliphatic rings. The molecule has 0 saturated carbocycles. The maximum absolute atomic E-state index is 12.9. The molecule has 0 unspecified atom stereocenters. The van der Waals surface area contributed by atoms with Gasteiger partial charge in [-0.05, 0) is 51.8 Å². The highest BCUT2D eigenvalue weighted by molar-refractivity contribution is 9.10. The van der Waals surface area contributed by atoms with Crippen molar-refractivity contribution >= 4 is 15.9 Å². The molecule has 4 heteroatoms. The van der Waals surface area contributed by atoms with E-state index in [2.05, 4.69) is 22.0 Å². The third-order valence-electron chi connectivity index (χ3n) is 2.37. The number of nitrogens with zero attached hydrogens (tertiary/aromatic N) is 1. The molecule has 2 aromatic carbocycles. The lowest BCUT2D eigenvalue weighted by Crippen LogP contribution is -1.96. The van der Waals surface area contributed by atoms with Crippen molar-refractivity contribution in [1.82, 2.24) is 0 Å². The average Bonchev–Trinajstić information content (AvgIpc) is 2.38. The molecule has 0 bridgehead atoms. The summed E-state index contributed by atoms with van der Waals surface area (Å²) in [5.74, 6) is 0.272. The summed E-state index contributed by atoms with van der Waals surface area (Å²) in [5.41, 5.74) is 1.56.